The standard InChI is InChI=1S/C7H6F3NO3S/c8-7(9,10)5-1-3-6(4-2-5)11-15(12,13)14/h1-4,11H,(H,12,13,14). The molecule has 0 fully saturated rings. The van der Waals surface area contributed by atoms with Crippen LogP contribution in [-0.4, -0.2) is 13.0 Å². The Balaban J connectivity index is 2.91. The van der Waals surface area contributed by atoms with Crippen LogP contribution in [0.5, 0.6) is 0 Å². The molecular weight excluding hydrogens is 235 g/mol. The normalized spacial score (nSPS) is 12.5. The highest BCUT2D eigenvalue weighted by Gasteiger charge is 2.29. The molecule has 1 aromatic carbocycles. The van der Waals surface area contributed by atoms with Crippen LogP contribution in [0, 0.1) is 0 Å². The highest BCUT2D eigenvalue weighted by atomic mass is 32.2. The van der Waals surface area contributed by atoms with Gasteiger partial charge in [0.15, 0.2) is 0 Å². The molecule has 0 bridgehead atoms. The molecule has 1 aromatic rings. The first-order valence-electron chi connectivity index (χ1n) is 3.61. The molecule has 0 aliphatic heterocycles. The van der Waals surface area contributed by atoms with Gasteiger partial charge in [0.05, 0.1) is 11.3 Å². The van der Waals surface area contributed by atoms with E-state index >= 15 is 0 Å². The second-order valence-electron chi connectivity index (χ2n) is 2.65. The van der Waals surface area contributed by atoms with Gasteiger partial charge in [0, 0.05) is 0 Å². The smallest absolute Gasteiger partial charge is 0.269 e. The Labute approximate surface area is 83.6 Å². The minimum atomic E-state index is -4.48. The molecule has 1 rings (SSSR count). The van der Waals surface area contributed by atoms with Gasteiger partial charge in [-0.1, -0.05) is 0 Å². The second kappa shape index (κ2) is 3.70. The molecule has 0 unspecified atom stereocenters. The van der Waals surface area contributed by atoms with Gasteiger partial charge in [-0.3, -0.25) is 9.27 Å². The van der Waals surface area contributed by atoms with Gasteiger partial charge in [-0.25, -0.2) is 0 Å². The first-order chi connectivity index (χ1) is 6.68. The van der Waals surface area contributed by atoms with Crippen LogP contribution in [0.25, 0.3) is 0 Å². The van der Waals surface area contributed by atoms with Gasteiger partial charge in [0.25, 0.3) is 0 Å². The molecule has 0 saturated carbocycles. The Morgan fingerprint density at radius 1 is 1.13 bits per heavy atom. The zero-order valence-electron chi connectivity index (χ0n) is 7.12. The molecule has 0 atom stereocenters. The molecule has 0 heterocycles. The number of halogens is 3. The SMILES string of the molecule is O=S(=O)(O)Nc1ccc(C(F)(F)F)cc1. The van der Waals surface area contributed by atoms with Crippen molar-refractivity contribution in [3.63, 3.8) is 0 Å². The van der Waals surface area contributed by atoms with Crippen LogP contribution in [0.4, 0.5) is 18.9 Å². The van der Waals surface area contributed by atoms with E-state index in [1.807, 2.05) is 0 Å². The van der Waals surface area contributed by atoms with Crippen molar-refractivity contribution in [2.45, 2.75) is 6.18 Å². The number of hydrogen-bond acceptors (Lipinski definition) is 2. The summed E-state index contributed by atoms with van der Waals surface area (Å²) in [6, 6.07) is 3.20. The molecule has 84 valence electrons. The predicted molar refractivity (Wildman–Crippen MR) is 46.6 cm³/mol. The van der Waals surface area contributed by atoms with Crippen LogP contribution in [0.15, 0.2) is 24.3 Å². The molecule has 2 N–H and O–H groups in total. The Hall–Kier alpha value is -1.28. The van der Waals surface area contributed by atoms with Crippen molar-refractivity contribution in [1.82, 2.24) is 0 Å². The lowest BCUT2D eigenvalue weighted by Gasteiger charge is -2.07. The number of nitrogens with one attached hydrogen (secondary N) is 1. The van der Waals surface area contributed by atoms with Gasteiger partial charge in [0.1, 0.15) is 0 Å². The maximum Gasteiger partial charge on any atom is 0.416 e. The molecule has 15 heavy (non-hydrogen) atoms. The van der Waals surface area contributed by atoms with E-state index in [0.717, 1.165) is 12.1 Å². The highest BCUT2D eigenvalue weighted by Crippen LogP contribution is 2.29. The summed E-state index contributed by atoms with van der Waals surface area (Å²) in [5.41, 5.74) is -1.05. The van der Waals surface area contributed by atoms with Gasteiger partial charge < -0.3 is 0 Å². The van der Waals surface area contributed by atoms with E-state index in [4.69, 9.17) is 4.55 Å². The van der Waals surface area contributed by atoms with Crippen LogP contribution in [0.3, 0.4) is 0 Å². The summed E-state index contributed by atoms with van der Waals surface area (Å²) in [6.07, 6.45) is -4.48. The molecule has 0 aliphatic rings. The van der Waals surface area contributed by atoms with E-state index in [1.165, 1.54) is 0 Å². The summed E-state index contributed by atoms with van der Waals surface area (Å²) < 4.78 is 66.8. The molecule has 0 saturated heterocycles. The van der Waals surface area contributed by atoms with Crippen molar-refractivity contribution in [3.8, 4) is 0 Å². The summed E-state index contributed by atoms with van der Waals surface area (Å²) in [5.74, 6) is 0. The molecule has 8 heteroatoms. The Kier molecular flexibility index (Phi) is 2.91. The minimum absolute atomic E-state index is 0.148. The lowest BCUT2D eigenvalue weighted by molar-refractivity contribution is -0.137. The van der Waals surface area contributed by atoms with E-state index in [1.54, 1.807) is 4.72 Å². The van der Waals surface area contributed by atoms with Gasteiger partial charge >= 0.3 is 16.5 Å². The van der Waals surface area contributed by atoms with Crippen molar-refractivity contribution >= 4 is 16.0 Å². The number of benzene rings is 1. The summed E-state index contributed by atoms with van der Waals surface area (Å²) in [7, 11) is -4.46. The van der Waals surface area contributed by atoms with Crippen LogP contribution in [0.2, 0.25) is 0 Å². The molecule has 0 aliphatic carbocycles. The summed E-state index contributed by atoms with van der Waals surface area (Å²) in [6.45, 7) is 0. The zero-order valence-corrected chi connectivity index (χ0v) is 7.93. The molecule has 0 amide bonds. The summed E-state index contributed by atoms with van der Waals surface area (Å²) in [5, 5.41) is 0. The highest BCUT2D eigenvalue weighted by molar-refractivity contribution is 7.87. The minimum Gasteiger partial charge on any atom is -0.269 e. The third-order valence-corrected chi connectivity index (χ3v) is 1.95. The number of rotatable bonds is 2. The first kappa shape index (κ1) is 11.8. The van der Waals surface area contributed by atoms with Crippen molar-refractivity contribution in [3.05, 3.63) is 29.8 Å². The van der Waals surface area contributed by atoms with E-state index in [-0.39, 0.29) is 5.69 Å². The number of hydrogen-bond donors (Lipinski definition) is 2. The Morgan fingerprint density at radius 3 is 1.93 bits per heavy atom. The van der Waals surface area contributed by atoms with Gasteiger partial charge in [-0.15, -0.1) is 0 Å². The van der Waals surface area contributed by atoms with Gasteiger partial charge in [0.2, 0.25) is 0 Å². The second-order valence-corrected chi connectivity index (χ2v) is 3.81. The fourth-order valence-corrected chi connectivity index (χ4v) is 1.31. The van der Waals surface area contributed by atoms with Crippen molar-refractivity contribution in [1.29, 1.82) is 0 Å². The zero-order chi connectivity index (χ0) is 11.7. The Morgan fingerprint density at radius 2 is 1.60 bits per heavy atom. The quantitative estimate of drug-likeness (QED) is 0.777. The van der Waals surface area contributed by atoms with Crippen molar-refractivity contribution in [2.75, 3.05) is 4.72 Å². The van der Waals surface area contributed by atoms with E-state index in [2.05, 4.69) is 0 Å². The number of anilines is 1. The maximum atomic E-state index is 12.1. The topological polar surface area (TPSA) is 66.4 Å². The third kappa shape index (κ3) is 3.76. The van der Waals surface area contributed by atoms with Crippen LogP contribution in [-0.2, 0) is 16.5 Å². The van der Waals surface area contributed by atoms with Crippen LogP contribution < -0.4 is 4.72 Å². The molecule has 0 aromatic heterocycles. The summed E-state index contributed by atoms with van der Waals surface area (Å²) in [4.78, 5) is 0. The Bertz CT molecular complexity index is 438. The van der Waals surface area contributed by atoms with Gasteiger partial charge in [-0.2, -0.15) is 21.6 Å². The largest absolute Gasteiger partial charge is 0.416 e. The fraction of sp³-hybridized carbons (Fsp3) is 0.143. The third-order valence-electron chi connectivity index (χ3n) is 1.46. The van der Waals surface area contributed by atoms with E-state index < -0.39 is 22.0 Å². The average Bonchev–Trinajstić information content (AvgIpc) is 2.00. The molecule has 0 radical (unpaired) electrons. The summed E-state index contributed by atoms with van der Waals surface area (Å²) >= 11 is 0. The van der Waals surface area contributed by atoms with Crippen LogP contribution in [0.1, 0.15) is 5.56 Å². The molecular formula is C7H6F3NO3S. The molecule has 4 nitrogen and oxygen atoms in total. The average molecular weight is 241 g/mol. The van der Waals surface area contributed by atoms with Crippen molar-refractivity contribution < 1.29 is 26.1 Å². The lowest BCUT2D eigenvalue weighted by atomic mass is 10.2. The van der Waals surface area contributed by atoms with E-state index in [9.17, 15) is 21.6 Å². The fourth-order valence-electron chi connectivity index (χ4n) is 0.876. The monoisotopic (exact) mass is 241 g/mol. The first-order valence-corrected chi connectivity index (χ1v) is 5.05. The van der Waals surface area contributed by atoms with E-state index in [0.29, 0.717) is 12.1 Å². The predicted octanol–water partition coefficient (Wildman–Crippen LogP) is 1.92. The maximum absolute atomic E-state index is 12.1. The van der Waals surface area contributed by atoms with Crippen molar-refractivity contribution in [2.24, 2.45) is 0 Å². The van der Waals surface area contributed by atoms with Gasteiger partial charge in [-0.05, 0) is 24.3 Å². The van der Waals surface area contributed by atoms with Crippen LogP contribution >= 0.6 is 0 Å². The molecule has 0 spiro atoms. The number of alkyl halides is 3. The lowest BCUT2D eigenvalue weighted by Crippen LogP contribution is -2.11.